The summed E-state index contributed by atoms with van der Waals surface area (Å²) in [5, 5.41) is 0.750. The quantitative estimate of drug-likeness (QED) is 0.635. The summed E-state index contributed by atoms with van der Waals surface area (Å²) >= 11 is 6.07. The number of nitrogens with zero attached hydrogens (tertiary/aromatic N) is 2. The maximum absolute atomic E-state index is 12.1. The molecule has 1 aromatic heterocycles. The first-order valence-corrected chi connectivity index (χ1v) is 11.1. The van der Waals surface area contributed by atoms with Gasteiger partial charge in [0.15, 0.2) is 21.3 Å². The summed E-state index contributed by atoms with van der Waals surface area (Å²) in [6.45, 7) is 4.31. The van der Waals surface area contributed by atoms with Gasteiger partial charge in [-0.2, -0.15) is 0 Å². The van der Waals surface area contributed by atoms with Crippen molar-refractivity contribution in [2.75, 3.05) is 18.8 Å². The Morgan fingerprint density at radius 1 is 1.26 bits per heavy atom. The number of sulfone groups is 1. The van der Waals surface area contributed by atoms with Crippen molar-refractivity contribution in [2.24, 2.45) is 0 Å². The maximum atomic E-state index is 12.1. The minimum atomic E-state index is -3.25. The fourth-order valence-electron chi connectivity index (χ4n) is 3.53. The Bertz CT molecular complexity index is 1080. The molecule has 4 rings (SSSR count). The Morgan fingerprint density at radius 2 is 2.11 bits per heavy atom. The lowest BCUT2D eigenvalue weighted by Crippen LogP contribution is -2.19. The second-order valence-corrected chi connectivity index (χ2v) is 9.65. The van der Waals surface area contributed by atoms with E-state index in [1.807, 2.05) is 18.2 Å². The van der Waals surface area contributed by atoms with Gasteiger partial charge in [0.05, 0.1) is 10.6 Å². The number of oxazole rings is 1. The SMILES string of the molecule is CCS(=O)(=O)c1ccc2oc([C@H]3CCN(Cc4cccc(Cl)c4)C3)nc2c1. The summed E-state index contributed by atoms with van der Waals surface area (Å²) in [6.07, 6.45) is 0.966. The van der Waals surface area contributed by atoms with Crippen LogP contribution in [0.4, 0.5) is 0 Å². The number of rotatable bonds is 5. The third-order valence-electron chi connectivity index (χ3n) is 5.03. The van der Waals surface area contributed by atoms with E-state index in [0.717, 1.165) is 31.1 Å². The third-order valence-corrected chi connectivity index (χ3v) is 7.00. The lowest BCUT2D eigenvalue weighted by Gasteiger charge is -2.15. The van der Waals surface area contributed by atoms with Crippen LogP contribution in [-0.2, 0) is 16.4 Å². The zero-order valence-electron chi connectivity index (χ0n) is 15.1. The Labute approximate surface area is 163 Å². The van der Waals surface area contributed by atoms with Crippen LogP contribution in [0.25, 0.3) is 11.1 Å². The van der Waals surface area contributed by atoms with Gasteiger partial charge in [-0.1, -0.05) is 30.7 Å². The summed E-state index contributed by atoms with van der Waals surface area (Å²) in [7, 11) is -3.25. The normalized spacial score (nSPS) is 18.4. The van der Waals surface area contributed by atoms with Crippen LogP contribution in [0, 0.1) is 0 Å². The standard InChI is InChI=1S/C20H21ClN2O3S/c1-2-27(24,25)17-6-7-19-18(11-17)22-20(26-19)15-8-9-23(13-15)12-14-4-3-5-16(21)10-14/h3-7,10-11,15H,2,8-9,12-13H2,1H3/t15-/m0/s1. The van der Waals surface area contributed by atoms with Crippen LogP contribution in [0.2, 0.25) is 5.02 Å². The van der Waals surface area contributed by atoms with Gasteiger partial charge in [0.1, 0.15) is 5.52 Å². The van der Waals surface area contributed by atoms with Crippen molar-refractivity contribution in [3.05, 3.63) is 58.9 Å². The molecule has 7 heteroatoms. The Hall–Kier alpha value is -1.89. The summed E-state index contributed by atoms with van der Waals surface area (Å²) in [5.41, 5.74) is 2.43. The predicted octanol–water partition coefficient (Wildman–Crippen LogP) is 4.26. The zero-order chi connectivity index (χ0) is 19.0. The molecule has 0 spiro atoms. The van der Waals surface area contributed by atoms with Crippen LogP contribution in [0.3, 0.4) is 0 Å². The molecule has 0 amide bonds. The fraction of sp³-hybridized carbons (Fsp3) is 0.350. The van der Waals surface area contributed by atoms with Crippen molar-refractivity contribution in [3.63, 3.8) is 0 Å². The van der Waals surface area contributed by atoms with Gasteiger partial charge in [0.2, 0.25) is 0 Å². The number of fused-ring (bicyclic) bond motifs is 1. The lowest BCUT2D eigenvalue weighted by atomic mass is 10.1. The lowest BCUT2D eigenvalue weighted by molar-refractivity contribution is 0.321. The largest absolute Gasteiger partial charge is 0.440 e. The third kappa shape index (κ3) is 3.88. The van der Waals surface area contributed by atoms with Crippen molar-refractivity contribution in [2.45, 2.75) is 30.7 Å². The highest BCUT2D eigenvalue weighted by molar-refractivity contribution is 7.91. The predicted molar refractivity (Wildman–Crippen MR) is 106 cm³/mol. The molecule has 1 saturated heterocycles. The number of likely N-dealkylation sites (tertiary alicyclic amines) is 1. The van der Waals surface area contributed by atoms with Gasteiger partial charge in [-0.15, -0.1) is 0 Å². The Morgan fingerprint density at radius 3 is 2.89 bits per heavy atom. The molecule has 0 saturated carbocycles. The van der Waals surface area contributed by atoms with E-state index in [0.29, 0.717) is 21.9 Å². The summed E-state index contributed by atoms with van der Waals surface area (Å²) in [4.78, 5) is 7.24. The zero-order valence-corrected chi connectivity index (χ0v) is 16.6. The van der Waals surface area contributed by atoms with Crippen molar-refractivity contribution in [1.29, 1.82) is 0 Å². The monoisotopic (exact) mass is 404 g/mol. The number of halogens is 1. The van der Waals surface area contributed by atoms with Crippen molar-refractivity contribution >= 4 is 32.5 Å². The number of hydrogen-bond donors (Lipinski definition) is 0. The van der Waals surface area contributed by atoms with E-state index in [9.17, 15) is 8.42 Å². The van der Waals surface area contributed by atoms with E-state index < -0.39 is 9.84 Å². The van der Waals surface area contributed by atoms with Gasteiger partial charge in [-0.05, 0) is 48.9 Å². The number of aromatic nitrogens is 1. The van der Waals surface area contributed by atoms with Crippen LogP contribution in [0.5, 0.6) is 0 Å². The summed E-state index contributed by atoms with van der Waals surface area (Å²) in [6, 6.07) is 12.8. The Balaban J connectivity index is 1.51. The highest BCUT2D eigenvalue weighted by Crippen LogP contribution is 2.31. The molecule has 0 radical (unpaired) electrons. The highest BCUT2D eigenvalue weighted by atomic mass is 35.5. The van der Waals surface area contributed by atoms with Gasteiger partial charge in [-0.3, -0.25) is 4.90 Å². The van der Waals surface area contributed by atoms with E-state index in [2.05, 4.69) is 16.0 Å². The first-order chi connectivity index (χ1) is 12.9. The van der Waals surface area contributed by atoms with Crippen LogP contribution in [0.15, 0.2) is 51.8 Å². The van der Waals surface area contributed by atoms with Crippen LogP contribution in [0.1, 0.15) is 30.7 Å². The average Bonchev–Trinajstić information content (AvgIpc) is 3.27. The van der Waals surface area contributed by atoms with E-state index in [4.69, 9.17) is 16.0 Å². The van der Waals surface area contributed by atoms with Gasteiger partial charge >= 0.3 is 0 Å². The minimum Gasteiger partial charge on any atom is -0.440 e. The second-order valence-electron chi connectivity index (χ2n) is 6.94. The summed E-state index contributed by atoms with van der Waals surface area (Å²) < 4.78 is 30.1. The Kier molecular flexibility index (Phi) is 4.97. The second kappa shape index (κ2) is 7.26. The molecule has 3 aromatic rings. The minimum absolute atomic E-state index is 0.0737. The molecule has 0 N–H and O–H groups in total. The van der Waals surface area contributed by atoms with E-state index in [1.165, 1.54) is 5.56 Å². The molecule has 142 valence electrons. The molecule has 0 unspecified atom stereocenters. The first kappa shape index (κ1) is 18.5. The topological polar surface area (TPSA) is 63.4 Å². The molecule has 5 nitrogen and oxygen atoms in total. The van der Waals surface area contributed by atoms with Crippen LogP contribution < -0.4 is 0 Å². The van der Waals surface area contributed by atoms with Crippen molar-refractivity contribution < 1.29 is 12.8 Å². The molecule has 0 aliphatic carbocycles. The molecule has 1 aliphatic rings. The van der Waals surface area contributed by atoms with Gasteiger partial charge in [0, 0.05) is 24.0 Å². The molecule has 0 bridgehead atoms. The van der Waals surface area contributed by atoms with E-state index >= 15 is 0 Å². The van der Waals surface area contributed by atoms with Gasteiger partial charge in [0.25, 0.3) is 0 Å². The summed E-state index contributed by atoms with van der Waals surface area (Å²) in [5.74, 6) is 0.970. The van der Waals surface area contributed by atoms with Gasteiger partial charge < -0.3 is 4.42 Å². The molecular formula is C20H21ClN2O3S. The number of benzene rings is 2. The van der Waals surface area contributed by atoms with Crippen molar-refractivity contribution in [1.82, 2.24) is 9.88 Å². The maximum Gasteiger partial charge on any atom is 0.199 e. The van der Waals surface area contributed by atoms with Crippen LogP contribution in [-0.4, -0.2) is 37.1 Å². The molecule has 1 fully saturated rings. The van der Waals surface area contributed by atoms with Gasteiger partial charge in [-0.25, -0.2) is 13.4 Å². The van der Waals surface area contributed by atoms with E-state index in [1.54, 1.807) is 25.1 Å². The molecule has 1 atom stereocenters. The molecule has 27 heavy (non-hydrogen) atoms. The van der Waals surface area contributed by atoms with Crippen LogP contribution >= 0.6 is 11.6 Å². The molecule has 2 heterocycles. The average molecular weight is 405 g/mol. The molecular weight excluding hydrogens is 384 g/mol. The highest BCUT2D eigenvalue weighted by Gasteiger charge is 2.28. The fourth-order valence-corrected chi connectivity index (χ4v) is 4.64. The first-order valence-electron chi connectivity index (χ1n) is 9.04. The van der Waals surface area contributed by atoms with Crippen molar-refractivity contribution in [3.8, 4) is 0 Å². The molecule has 2 aromatic carbocycles. The van der Waals surface area contributed by atoms with E-state index in [-0.39, 0.29) is 11.7 Å². The number of hydrogen-bond acceptors (Lipinski definition) is 5. The smallest absolute Gasteiger partial charge is 0.199 e. The molecule has 1 aliphatic heterocycles.